The maximum absolute atomic E-state index is 12.7. The number of nitrogens with zero attached hydrogens (tertiary/aromatic N) is 2. The molecule has 0 bridgehead atoms. The Labute approximate surface area is 161 Å². The second-order valence-electron chi connectivity index (χ2n) is 5.91. The van der Waals surface area contributed by atoms with E-state index in [0.717, 1.165) is 33.1 Å². The summed E-state index contributed by atoms with van der Waals surface area (Å²) in [7, 11) is 0. The zero-order chi connectivity index (χ0) is 19.6. The fourth-order valence-electron chi connectivity index (χ4n) is 2.94. The molecule has 0 aliphatic carbocycles. The molecule has 1 aromatic heterocycles. The van der Waals surface area contributed by atoms with Gasteiger partial charge in [0, 0.05) is 22.7 Å². The van der Waals surface area contributed by atoms with Gasteiger partial charge < -0.3 is 9.30 Å². The molecule has 1 fully saturated rings. The molecule has 2 heterocycles. The van der Waals surface area contributed by atoms with Gasteiger partial charge in [0.2, 0.25) is 0 Å². The van der Waals surface area contributed by atoms with Gasteiger partial charge in [-0.2, -0.15) is 0 Å². The number of carbonyl (C=O) groups excluding carboxylic acids is 3. The molecule has 6 nitrogen and oxygen atoms in total. The Balaban J connectivity index is 1.96. The monoisotopic (exact) mass is 382 g/mol. The lowest BCUT2D eigenvalue weighted by atomic mass is 10.1. The average molecular weight is 382 g/mol. The molecule has 27 heavy (non-hydrogen) atoms. The van der Waals surface area contributed by atoms with E-state index in [9.17, 15) is 14.4 Å². The van der Waals surface area contributed by atoms with Crippen molar-refractivity contribution in [3.8, 4) is 12.3 Å². The van der Waals surface area contributed by atoms with Crippen LogP contribution in [0.1, 0.15) is 19.4 Å². The van der Waals surface area contributed by atoms with Crippen LogP contribution in [-0.2, 0) is 20.9 Å². The molecular formula is C20H18N2O4S. The molecule has 3 rings (SSSR count). The first-order chi connectivity index (χ1) is 13.0. The molecule has 7 heteroatoms. The number of hydrogen-bond donors (Lipinski definition) is 0. The Morgan fingerprint density at radius 1 is 1.37 bits per heavy atom. The highest BCUT2D eigenvalue weighted by Gasteiger charge is 2.41. The molecule has 0 unspecified atom stereocenters. The minimum atomic E-state index is -0.967. The van der Waals surface area contributed by atoms with Crippen LogP contribution in [0.4, 0.5) is 4.79 Å². The van der Waals surface area contributed by atoms with Crippen LogP contribution in [0.5, 0.6) is 0 Å². The fraction of sp³-hybridized carbons (Fsp3) is 0.250. The highest BCUT2D eigenvalue weighted by atomic mass is 32.2. The summed E-state index contributed by atoms with van der Waals surface area (Å²) in [6, 6.07) is 6.71. The number of terminal acetylenes is 1. The van der Waals surface area contributed by atoms with Crippen LogP contribution < -0.4 is 0 Å². The van der Waals surface area contributed by atoms with Gasteiger partial charge in [0.15, 0.2) is 0 Å². The Kier molecular flexibility index (Phi) is 5.38. The third kappa shape index (κ3) is 3.49. The summed E-state index contributed by atoms with van der Waals surface area (Å²) in [5, 5.41) is 0.442. The molecule has 1 saturated heterocycles. The largest absolute Gasteiger partial charge is 0.464 e. The molecule has 1 atom stereocenters. The van der Waals surface area contributed by atoms with E-state index in [2.05, 4.69) is 5.92 Å². The Morgan fingerprint density at radius 3 is 2.81 bits per heavy atom. The Bertz CT molecular complexity index is 999. The maximum Gasteiger partial charge on any atom is 0.329 e. The van der Waals surface area contributed by atoms with E-state index in [1.54, 1.807) is 13.0 Å². The Morgan fingerprint density at radius 2 is 2.11 bits per heavy atom. The van der Waals surface area contributed by atoms with Gasteiger partial charge >= 0.3 is 5.97 Å². The number of benzene rings is 1. The van der Waals surface area contributed by atoms with Crippen molar-refractivity contribution in [1.29, 1.82) is 0 Å². The lowest BCUT2D eigenvalue weighted by Gasteiger charge is -2.19. The number of aromatic nitrogens is 1. The summed E-state index contributed by atoms with van der Waals surface area (Å²) in [5.74, 6) is 1.50. The zero-order valence-electron chi connectivity index (χ0n) is 15.0. The van der Waals surface area contributed by atoms with Crippen LogP contribution in [0, 0.1) is 12.3 Å². The third-order valence-electron chi connectivity index (χ3n) is 4.21. The Hall–Kier alpha value is -2.98. The van der Waals surface area contributed by atoms with Crippen molar-refractivity contribution in [3.63, 3.8) is 0 Å². The van der Waals surface area contributed by atoms with Crippen LogP contribution in [0.2, 0.25) is 0 Å². The fourth-order valence-corrected chi connectivity index (χ4v) is 3.84. The standard InChI is InChI=1S/C20H18N2O4S/c1-4-10-21-12-14(15-8-6-7-9-16(15)21)11-17-18(23)22(20(25)27-17)13(3)19(24)26-5-2/h1,6-9,11-13H,5,10H2,2-3H3/b17-11-/t13-/m0/s1. The van der Waals surface area contributed by atoms with Crippen LogP contribution in [0.3, 0.4) is 0 Å². The predicted molar refractivity (Wildman–Crippen MR) is 105 cm³/mol. The first-order valence-corrected chi connectivity index (χ1v) is 9.24. The lowest BCUT2D eigenvalue weighted by Crippen LogP contribution is -2.42. The molecule has 1 aliphatic rings. The second-order valence-corrected chi connectivity index (χ2v) is 6.91. The smallest absolute Gasteiger partial charge is 0.329 e. The van der Waals surface area contributed by atoms with Gasteiger partial charge in [0.05, 0.1) is 18.1 Å². The third-order valence-corrected chi connectivity index (χ3v) is 5.09. The van der Waals surface area contributed by atoms with Crippen molar-refractivity contribution in [2.24, 2.45) is 0 Å². The topological polar surface area (TPSA) is 68.6 Å². The number of fused-ring (bicyclic) bond motifs is 1. The van der Waals surface area contributed by atoms with Crippen LogP contribution in [0.25, 0.3) is 17.0 Å². The van der Waals surface area contributed by atoms with E-state index in [0.29, 0.717) is 6.54 Å². The minimum Gasteiger partial charge on any atom is -0.464 e. The van der Waals surface area contributed by atoms with E-state index < -0.39 is 23.2 Å². The first kappa shape index (κ1) is 18.8. The average Bonchev–Trinajstić information content (AvgIpc) is 3.13. The van der Waals surface area contributed by atoms with Crippen molar-refractivity contribution in [1.82, 2.24) is 9.47 Å². The summed E-state index contributed by atoms with van der Waals surface area (Å²) in [6.07, 6.45) is 8.95. The molecule has 1 aliphatic heterocycles. The van der Waals surface area contributed by atoms with E-state index >= 15 is 0 Å². The maximum atomic E-state index is 12.7. The van der Waals surface area contributed by atoms with E-state index in [1.807, 2.05) is 35.0 Å². The number of hydrogen-bond acceptors (Lipinski definition) is 5. The van der Waals surface area contributed by atoms with Crippen molar-refractivity contribution in [2.45, 2.75) is 26.4 Å². The molecule has 2 amide bonds. The van der Waals surface area contributed by atoms with Crippen molar-refractivity contribution >= 4 is 45.9 Å². The minimum absolute atomic E-state index is 0.184. The van der Waals surface area contributed by atoms with Gasteiger partial charge in [-0.1, -0.05) is 24.1 Å². The highest BCUT2D eigenvalue weighted by Crippen LogP contribution is 2.35. The number of thioether (sulfide) groups is 1. The molecule has 138 valence electrons. The number of para-hydroxylation sites is 1. The van der Waals surface area contributed by atoms with E-state index in [-0.39, 0.29) is 11.5 Å². The van der Waals surface area contributed by atoms with E-state index in [1.165, 1.54) is 6.92 Å². The molecule has 0 radical (unpaired) electrons. The molecule has 0 N–H and O–H groups in total. The number of amides is 2. The van der Waals surface area contributed by atoms with Crippen LogP contribution >= 0.6 is 11.8 Å². The summed E-state index contributed by atoms with van der Waals surface area (Å²) in [4.78, 5) is 38.1. The van der Waals surface area contributed by atoms with Gasteiger partial charge in [-0.25, -0.2) is 4.79 Å². The SMILES string of the molecule is C#CCn1cc(/C=C2\SC(=O)N([C@@H](C)C(=O)OCC)C2=O)c2ccccc21. The van der Waals surface area contributed by atoms with Crippen molar-refractivity contribution in [3.05, 3.63) is 40.9 Å². The highest BCUT2D eigenvalue weighted by molar-refractivity contribution is 8.18. The number of ether oxygens (including phenoxy) is 1. The van der Waals surface area contributed by atoms with Crippen molar-refractivity contribution in [2.75, 3.05) is 6.61 Å². The van der Waals surface area contributed by atoms with Gasteiger partial charge in [0.1, 0.15) is 6.04 Å². The zero-order valence-corrected chi connectivity index (χ0v) is 15.8. The summed E-state index contributed by atoms with van der Waals surface area (Å²) in [5.41, 5.74) is 1.73. The predicted octanol–water partition coefficient (Wildman–Crippen LogP) is 3.26. The number of carbonyl (C=O) groups is 3. The second kappa shape index (κ2) is 7.72. The number of esters is 1. The van der Waals surface area contributed by atoms with Crippen molar-refractivity contribution < 1.29 is 19.1 Å². The summed E-state index contributed by atoms with van der Waals surface area (Å²) >= 11 is 0.813. The number of rotatable bonds is 5. The molecular weight excluding hydrogens is 364 g/mol. The first-order valence-electron chi connectivity index (χ1n) is 8.43. The molecule has 1 aromatic carbocycles. The van der Waals surface area contributed by atoms with Gasteiger partial charge in [-0.15, -0.1) is 6.42 Å². The van der Waals surface area contributed by atoms with Crippen LogP contribution in [-0.4, -0.2) is 39.2 Å². The molecule has 0 saturated carbocycles. The molecule has 2 aromatic rings. The summed E-state index contributed by atoms with van der Waals surface area (Å²) in [6.45, 7) is 3.74. The normalized spacial score (nSPS) is 16.8. The molecule has 0 spiro atoms. The number of imide groups is 1. The quantitative estimate of drug-likeness (QED) is 0.451. The van der Waals surface area contributed by atoms with E-state index in [4.69, 9.17) is 11.2 Å². The van der Waals surface area contributed by atoms with Gasteiger partial charge in [-0.3, -0.25) is 14.5 Å². The van der Waals surface area contributed by atoms with Gasteiger partial charge in [-0.05, 0) is 37.8 Å². The van der Waals surface area contributed by atoms with Gasteiger partial charge in [0.25, 0.3) is 11.1 Å². The summed E-state index contributed by atoms with van der Waals surface area (Å²) < 4.78 is 6.83. The lowest BCUT2D eigenvalue weighted by molar-refractivity contribution is -0.150. The van der Waals surface area contributed by atoms with Crippen LogP contribution in [0.15, 0.2) is 35.4 Å².